The summed E-state index contributed by atoms with van der Waals surface area (Å²) in [6, 6.07) is 5.27. The minimum absolute atomic E-state index is 0.00787. The summed E-state index contributed by atoms with van der Waals surface area (Å²) in [5.74, 6) is -0.0195. The SMILES string of the molecule is Cc1cc(Cl)ccc1OCC(=O)N1CCC(CC(=O)O)CC1. The number of carboxylic acids is 1. The first-order valence-electron chi connectivity index (χ1n) is 7.34. The second-order valence-corrected chi connectivity index (χ2v) is 6.06. The van der Waals surface area contributed by atoms with E-state index < -0.39 is 5.97 Å². The van der Waals surface area contributed by atoms with Crippen LogP contribution in [0.15, 0.2) is 18.2 Å². The molecule has 1 heterocycles. The largest absolute Gasteiger partial charge is 0.483 e. The first kappa shape index (κ1) is 16.6. The summed E-state index contributed by atoms with van der Waals surface area (Å²) in [7, 11) is 0. The van der Waals surface area contributed by atoms with Gasteiger partial charge in [0.25, 0.3) is 5.91 Å². The lowest BCUT2D eigenvalue weighted by molar-refractivity contribution is -0.139. The van der Waals surface area contributed by atoms with Crippen molar-refractivity contribution in [2.45, 2.75) is 26.2 Å². The fraction of sp³-hybridized carbons (Fsp3) is 0.500. The van der Waals surface area contributed by atoms with Crippen molar-refractivity contribution in [2.75, 3.05) is 19.7 Å². The predicted molar refractivity (Wildman–Crippen MR) is 83.2 cm³/mol. The maximum atomic E-state index is 12.1. The van der Waals surface area contributed by atoms with E-state index in [1.54, 1.807) is 23.1 Å². The number of carbonyl (C=O) groups excluding carboxylic acids is 1. The number of ether oxygens (including phenoxy) is 1. The topological polar surface area (TPSA) is 66.8 Å². The molecule has 0 bridgehead atoms. The Hall–Kier alpha value is -1.75. The van der Waals surface area contributed by atoms with Gasteiger partial charge in [0.05, 0.1) is 0 Å². The standard InChI is InChI=1S/C16H20ClNO4/c1-11-8-13(17)2-3-14(11)22-10-15(19)18-6-4-12(5-7-18)9-16(20)21/h2-3,8,12H,4-7,9-10H2,1H3,(H,20,21). The molecule has 0 aromatic heterocycles. The summed E-state index contributed by atoms with van der Waals surface area (Å²) in [5.41, 5.74) is 0.889. The first-order chi connectivity index (χ1) is 10.5. The number of likely N-dealkylation sites (tertiary alicyclic amines) is 1. The molecule has 1 amide bonds. The van der Waals surface area contributed by atoms with E-state index in [9.17, 15) is 9.59 Å². The number of carbonyl (C=O) groups is 2. The second-order valence-electron chi connectivity index (χ2n) is 5.62. The molecule has 120 valence electrons. The zero-order valence-corrected chi connectivity index (χ0v) is 13.3. The Kier molecular flexibility index (Phi) is 5.66. The van der Waals surface area contributed by atoms with E-state index in [0.29, 0.717) is 23.9 Å². The molecular formula is C16H20ClNO4. The molecule has 1 N–H and O–H groups in total. The van der Waals surface area contributed by atoms with Crippen molar-refractivity contribution in [3.8, 4) is 5.75 Å². The van der Waals surface area contributed by atoms with Gasteiger partial charge in [-0.2, -0.15) is 0 Å². The number of hydrogen-bond donors (Lipinski definition) is 1. The van der Waals surface area contributed by atoms with Gasteiger partial charge in [-0.1, -0.05) is 11.6 Å². The molecule has 1 aliphatic rings. The van der Waals surface area contributed by atoms with Crippen LogP contribution in [0.4, 0.5) is 0 Å². The highest BCUT2D eigenvalue weighted by molar-refractivity contribution is 6.30. The van der Waals surface area contributed by atoms with Crippen molar-refractivity contribution in [1.29, 1.82) is 0 Å². The van der Waals surface area contributed by atoms with Gasteiger partial charge in [-0.15, -0.1) is 0 Å². The molecule has 1 saturated heterocycles. The van der Waals surface area contributed by atoms with Crippen LogP contribution in [0.1, 0.15) is 24.8 Å². The monoisotopic (exact) mass is 325 g/mol. The quantitative estimate of drug-likeness (QED) is 0.904. The third kappa shape index (κ3) is 4.63. The van der Waals surface area contributed by atoms with Crippen LogP contribution in [0.25, 0.3) is 0 Å². The summed E-state index contributed by atoms with van der Waals surface area (Å²) in [4.78, 5) is 24.6. The zero-order valence-electron chi connectivity index (χ0n) is 12.5. The summed E-state index contributed by atoms with van der Waals surface area (Å²) in [6.07, 6.45) is 1.65. The number of nitrogens with zero attached hydrogens (tertiary/aromatic N) is 1. The van der Waals surface area contributed by atoms with E-state index >= 15 is 0 Å². The third-order valence-electron chi connectivity index (χ3n) is 3.92. The van der Waals surface area contributed by atoms with Crippen molar-refractivity contribution in [3.05, 3.63) is 28.8 Å². The molecule has 1 fully saturated rings. The summed E-state index contributed by atoms with van der Waals surface area (Å²) < 4.78 is 5.55. The molecule has 0 radical (unpaired) electrons. The number of benzene rings is 1. The Balaban J connectivity index is 1.80. The van der Waals surface area contributed by atoms with Crippen molar-refractivity contribution in [3.63, 3.8) is 0 Å². The highest BCUT2D eigenvalue weighted by atomic mass is 35.5. The Bertz CT molecular complexity index is 553. The molecule has 0 spiro atoms. The van der Waals surface area contributed by atoms with Crippen LogP contribution in [0.2, 0.25) is 5.02 Å². The number of hydrogen-bond acceptors (Lipinski definition) is 3. The molecule has 1 aromatic rings. The van der Waals surface area contributed by atoms with Gasteiger partial charge in [-0.25, -0.2) is 0 Å². The Morgan fingerprint density at radius 3 is 2.64 bits per heavy atom. The molecule has 6 heteroatoms. The van der Waals surface area contributed by atoms with Gasteiger partial charge in [-0.3, -0.25) is 9.59 Å². The van der Waals surface area contributed by atoms with Gasteiger partial charge in [0.15, 0.2) is 6.61 Å². The van der Waals surface area contributed by atoms with Crippen molar-refractivity contribution in [2.24, 2.45) is 5.92 Å². The fourth-order valence-corrected chi connectivity index (χ4v) is 2.87. The number of piperidine rings is 1. The maximum Gasteiger partial charge on any atom is 0.303 e. The van der Waals surface area contributed by atoms with Crippen LogP contribution in [0.3, 0.4) is 0 Å². The average molecular weight is 326 g/mol. The molecule has 2 rings (SSSR count). The lowest BCUT2D eigenvalue weighted by atomic mass is 9.94. The van der Waals surface area contributed by atoms with Crippen LogP contribution >= 0.6 is 11.6 Å². The van der Waals surface area contributed by atoms with Gasteiger partial charge < -0.3 is 14.7 Å². The first-order valence-corrected chi connectivity index (χ1v) is 7.72. The molecular weight excluding hydrogens is 306 g/mol. The molecule has 0 unspecified atom stereocenters. The molecule has 1 aliphatic heterocycles. The highest BCUT2D eigenvalue weighted by Crippen LogP contribution is 2.23. The minimum Gasteiger partial charge on any atom is -0.483 e. The Morgan fingerprint density at radius 1 is 1.36 bits per heavy atom. The Labute approximate surface area is 134 Å². The lowest BCUT2D eigenvalue weighted by Crippen LogP contribution is -2.41. The van der Waals surface area contributed by atoms with Gasteiger partial charge in [0.2, 0.25) is 0 Å². The van der Waals surface area contributed by atoms with E-state index in [0.717, 1.165) is 18.4 Å². The smallest absolute Gasteiger partial charge is 0.303 e. The molecule has 5 nitrogen and oxygen atoms in total. The van der Waals surface area contributed by atoms with E-state index in [-0.39, 0.29) is 24.9 Å². The van der Waals surface area contributed by atoms with Crippen LogP contribution in [0, 0.1) is 12.8 Å². The maximum absolute atomic E-state index is 12.1. The fourth-order valence-electron chi connectivity index (χ4n) is 2.64. The number of amides is 1. The minimum atomic E-state index is -0.772. The Morgan fingerprint density at radius 2 is 2.05 bits per heavy atom. The summed E-state index contributed by atoms with van der Waals surface area (Å²) in [6.45, 7) is 3.06. The molecule has 0 saturated carbocycles. The highest BCUT2D eigenvalue weighted by Gasteiger charge is 2.24. The van der Waals surface area contributed by atoms with E-state index in [1.165, 1.54) is 0 Å². The summed E-state index contributed by atoms with van der Waals surface area (Å²) in [5, 5.41) is 9.42. The van der Waals surface area contributed by atoms with Crippen LogP contribution in [0.5, 0.6) is 5.75 Å². The van der Waals surface area contributed by atoms with E-state index in [4.69, 9.17) is 21.4 Å². The number of rotatable bonds is 5. The van der Waals surface area contributed by atoms with Gasteiger partial charge >= 0.3 is 5.97 Å². The second kappa shape index (κ2) is 7.49. The average Bonchev–Trinajstić information content (AvgIpc) is 2.46. The van der Waals surface area contributed by atoms with Gasteiger partial charge in [0.1, 0.15) is 5.75 Å². The van der Waals surface area contributed by atoms with E-state index in [2.05, 4.69) is 0 Å². The predicted octanol–water partition coefficient (Wildman–Crippen LogP) is 2.74. The van der Waals surface area contributed by atoms with Crippen LogP contribution in [-0.2, 0) is 9.59 Å². The lowest BCUT2D eigenvalue weighted by Gasteiger charge is -2.31. The van der Waals surface area contributed by atoms with E-state index in [1.807, 2.05) is 6.92 Å². The molecule has 1 aromatic carbocycles. The molecule has 0 aliphatic carbocycles. The van der Waals surface area contributed by atoms with Crippen LogP contribution in [-0.4, -0.2) is 41.6 Å². The van der Waals surface area contributed by atoms with Crippen molar-refractivity contribution >= 4 is 23.5 Å². The molecule has 22 heavy (non-hydrogen) atoms. The zero-order chi connectivity index (χ0) is 16.1. The van der Waals surface area contributed by atoms with Crippen molar-refractivity contribution in [1.82, 2.24) is 4.90 Å². The van der Waals surface area contributed by atoms with Crippen molar-refractivity contribution < 1.29 is 19.4 Å². The van der Waals surface area contributed by atoms with Gasteiger partial charge in [-0.05, 0) is 49.4 Å². The molecule has 0 atom stereocenters. The van der Waals surface area contributed by atoms with Crippen LogP contribution < -0.4 is 4.74 Å². The number of carboxylic acid groups (broad SMARTS) is 1. The third-order valence-corrected chi connectivity index (χ3v) is 4.15. The number of aliphatic carboxylic acids is 1. The number of aryl methyl sites for hydroxylation is 1. The normalized spacial score (nSPS) is 15.6. The van der Waals surface area contributed by atoms with Gasteiger partial charge in [0, 0.05) is 24.5 Å². The number of halogens is 1. The summed E-state index contributed by atoms with van der Waals surface area (Å²) >= 11 is 5.88.